The number of pyridine rings is 2. The topological polar surface area (TPSA) is 85.8 Å². The van der Waals surface area contributed by atoms with Crippen molar-refractivity contribution in [2.24, 2.45) is 0 Å². The summed E-state index contributed by atoms with van der Waals surface area (Å²) in [4.78, 5) is 23.3. The molecule has 0 unspecified atom stereocenters. The van der Waals surface area contributed by atoms with Crippen molar-refractivity contribution in [1.29, 1.82) is 0 Å². The van der Waals surface area contributed by atoms with E-state index in [2.05, 4.69) is 20.2 Å². The highest BCUT2D eigenvalue weighted by molar-refractivity contribution is 5.94. The van der Waals surface area contributed by atoms with Crippen molar-refractivity contribution in [3.05, 3.63) is 47.8 Å². The Morgan fingerprint density at radius 2 is 2.00 bits per heavy atom. The van der Waals surface area contributed by atoms with E-state index in [1.165, 1.54) is 0 Å². The van der Waals surface area contributed by atoms with E-state index in [9.17, 15) is 4.79 Å². The van der Waals surface area contributed by atoms with Crippen LogP contribution in [0.5, 0.6) is 5.88 Å². The maximum absolute atomic E-state index is 12.5. The Morgan fingerprint density at radius 1 is 1.14 bits per heavy atom. The highest BCUT2D eigenvalue weighted by atomic mass is 16.5. The number of ether oxygens (including phenoxy) is 3. The Hall–Kier alpha value is -2.71. The molecule has 2 aliphatic heterocycles. The van der Waals surface area contributed by atoms with Gasteiger partial charge in [0.2, 0.25) is 5.88 Å². The first-order valence-electron chi connectivity index (χ1n) is 9.54. The summed E-state index contributed by atoms with van der Waals surface area (Å²) < 4.78 is 16.5. The van der Waals surface area contributed by atoms with Gasteiger partial charge in [-0.25, -0.2) is 9.97 Å². The fourth-order valence-electron chi connectivity index (χ4n) is 3.21. The van der Waals surface area contributed by atoms with Crippen LogP contribution in [0.4, 0.5) is 5.82 Å². The largest absolute Gasteiger partial charge is 0.472 e. The van der Waals surface area contributed by atoms with Gasteiger partial charge in [-0.1, -0.05) is 0 Å². The third kappa shape index (κ3) is 4.76. The molecule has 2 aliphatic rings. The first-order valence-corrected chi connectivity index (χ1v) is 9.54. The Kier molecular flexibility index (Phi) is 5.98. The SMILES string of the molecule is O=C(NCc1ccnc(N2CCOCC2)c1)c1ccnc(O[C@@H]2CCOC2)c1. The molecule has 8 heteroatoms. The van der Waals surface area contributed by atoms with Crippen LogP contribution in [0.25, 0.3) is 0 Å². The smallest absolute Gasteiger partial charge is 0.251 e. The zero-order valence-electron chi connectivity index (χ0n) is 15.7. The number of amides is 1. The Morgan fingerprint density at radius 3 is 2.82 bits per heavy atom. The fraction of sp³-hybridized carbons (Fsp3) is 0.450. The van der Waals surface area contributed by atoms with Crippen molar-refractivity contribution in [3.63, 3.8) is 0 Å². The van der Waals surface area contributed by atoms with Crippen molar-refractivity contribution in [3.8, 4) is 5.88 Å². The van der Waals surface area contributed by atoms with Gasteiger partial charge in [0.05, 0.1) is 26.4 Å². The van der Waals surface area contributed by atoms with Crippen molar-refractivity contribution < 1.29 is 19.0 Å². The third-order valence-electron chi connectivity index (χ3n) is 4.77. The molecule has 0 aromatic carbocycles. The van der Waals surface area contributed by atoms with Crippen LogP contribution in [0.1, 0.15) is 22.3 Å². The zero-order chi connectivity index (χ0) is 19.2. The van der Waals surface area contributed by atoms with Gasteiger partial charge >= 0.3 is 0 Å². The normalized spacial score (nSPS) is 19.4. The molecule has 1 N–H and O–H groups in total. The number of rotatable bonds is 6. The number of aromatic nitrogens is 2. The van der Waals surface area contributed by atoms with E-state index < -0.39 is 0 Å². The molecule has 0 bridgehead atoms. The molecule has 0 radical (unpaired) electrons. The van der Waals surface area contributed by atoms with Gasteiger partial charge in [0.15, 0.2) is 0 Å². The number of nitrogens with zero attached hydrogens (tertiary/aromatic N) is 3. The van der Waals surface area contributed by atoms with Gasteiger partial charge in [-0.3, -0.25) is 4.79 Å². The van der Waals surface area contributed by atoms with Crippen LogP contribution < -0.4 is 15.0 Å². The average Bonchev–Trinajstić information content (AvgIpc) is 3.26. The first-order chi connectivity index (χ1) is 13.8. The second-order valence-corrected chi connectivity index (χ2v) is 6.79. The van der Waals surface area contributed by atoms with Gasteiger partial charge in [-0.05, 0) is 23.8 Å². The molecule has 2 saturated heterocycles. The molecule has 8 nitrogen and oxygen atoms in total. The summed E-state index contributed by atoms with van der Waals surface area (Å²) in [5.74, 6) is 1.19. The van der Waals surface area contributed by atoms with Crippen molar-refractivity contribution in [2.75, 3.05) is 44.4 Å². The van der Waals surface area contributed by atoms with Gasteiger partial charge in [0, 0.05) is 50.1 Å². The van der Waals surface area contributed by atoms with E-state index in [0.717, 1.165) is 30.9 Å². The van der Waals surface area contributed by atoms with Crippen LogP contribution in [-0.4, -0.2) is 61.5 Å². The molecule has 0 spiro atoms. The highest BCUT2D eigenvalue weighted by Gasteiger charge is 2.18. The van der Waals surface area contributed by atoms with Crippen molar-refractivity contribution >= 4 is 11.7 Å². The van der Waals surface area contributed by atoms with Gasteiger partial charge in [0.25, 0.3) is 5.91 Å². The van der Waals surface area contributed by atoms with Crippen molar-refractivity contribution in [2.45, 2.75) is 19.1 Å². The van der Waals surface area contributed by atoms with E-state index in [1.807, 2.05) is 12.1 Å². The first kappa shape index (κ1) is 18.6. The van der Waals surface area contributed by atoms with Gasteiger partial charge in [-0.15, -0.1) is 0 Å². The van der Waals surface area contributed by atoms with Crippen molar-refractivity contribution in [1.82, 2.24) is 15.3 Å². The molecule has 28 heavy (non-hydrogen) atoms. The molecular formula is C20H24N4O4. The number of carbonyl (C=O) groups is 1. The molecular weight excluding hydrogens is 360 g/mol. The highest BCUT2D eigenvalue weighted by Crippen LogP contribution is 2.17. The molecule has 1 amide bonds. The average molecular weight is 384 g/mol. The summed E-state index contributed by atoms with van der Waals surface area (Å²) in [5, 5.41) is 2.95. The summed E-state index contributed by atoms with van der Waals surface area (Å²) in [6.07, 6.45) is 4.20. The quantitative estimate of drug-likeness (QED) is 0.806. The van der Waals surface area contributed by atoms with Crippen LogP contribution in [0.2, 0.25) is 0 Å². The molecule has 148 valence electrons. The minimum Gasteiger partial charge on any atom is -0.472 e. The van der Waals surface area contributed by atoms with E-state index in [1.54, 1.807) is 24.5 Å². The Balaban J connectivity index is 1.35. The van der Waals surface area contributed by atoms with E-state index in [0.29, 0.717) is 44.4 Å². The summed E-state index contributed by atoms with van der Waals surface area (Å²) in [6, 6.07) is 7.26. The number of carbonyl (C=O) groups excluding carboxylic acids is 1. The maximum Gasteiger partial charge on any atom is 0.251 e. The lowest BCUT2D eigenvalue weighted by atomic mass is 10.2. The zero-order valence-corrected chi connectivity index (χ0v) is 15.7. The molecule has 1 atom stereocenters. The summed E-state index contributed by atoms with van der Waals surface area (Å²) in [7, 11) is 0. The Bertz CT molecular complexity index is 804. The van der Waals surface area contributed by atoms with E-state index in [4.69, 9.17) is 14.2 Å². The molecule has 4 rings (SSSR count). The summed E-state index contributed by atoms with van der Waals surface area (Å²) in [5.41, 5.74) is 1.52. The number of nitrogens with one attached hydrogen (secondary N) is 1. The van der Waals surface area contributed by atoms with Gasteiger partial charge < -0.3 is 24.4 Å². The lowest BCUT2D eigenvalue weighted by molar-refractivity contribution is 0.0949. The molecule has 2 fully saturated rings. The number of hydrogen-bond acceptors (Lipinski definition) is 7. The van der Waals surface area contributed by atoms with Gasteiger partial charge in [-0.2, -0.15) is 0 Å². The fourth-order valence-corrected chi connectivity index (χ4v) is 3.21. The summed E-state index contributed by atoms with van der Waals surface area (Å²) >= 11 is 0. The van der Waals surface area contributed by atoms with Gasteiger partial charge in [0.1, 0.15) is 11.9 Å². The number of hydrogen-bond donors (Lipinski definition) is 1. The number of anilines is 1. The predicted molar refractivity (Wildman–Crippen MR) is 103 cm³/mol. The van der Waals surface area contributed by atoms with Crippen LogP contribution in [0.15, 0.2) is 36.7 Å². The molecule has 4 heterocycles. The second kappa shape index (κ2) is 8.99. The number of morpholine rings is 1. The lowest BCUT2D eigenvalue weighted by Gasteiger charge is -2.28. The molecule has 2 aromatic heterocycles. The minimum atomic E-state index is -0.167. The summed E-state index contributed by atoms with van der Waals surface area (Å²) in [6.45, 7) is 4.76. The second-order valence-electron chi connectivity index (χ2n) is 6.79. The predicted octanol–water partition coefficient (Wildman–Crippen LogP) is 1.41. The van der Waals surface area contributed by atoms with Crippen LogP contribution >= 0.6 is 0 Å². The monoisotopic (exact) mass is 384 g/mol. The maximum atomic E-state index is 12.5. The lowest BCUT2D eigenvalue weighted by Crippen LogP contribution is -2.36. The molecule has 0 aliphatic carbocycles. The minimum absolute atomic E-state index is 0.00115. The van der Waals surface area contributed by atoms with E-state index in [-0.39, 0.29) is 12.0 Å². The molecule has 0 saturated carbocycles. The van der Waals surface area contributed by atoms with Crippen LogP contribution in [0.3, 0.4) is 0 Å². The Labute approximate surface area is 163 Å². The van der Waals surface area contributed by atoms with Crippen LogP contribution in [0, 0.1) is 0 Å². The molecule has 2 aromatic rings. The van der Waals surface area contributed by atoms with Crippen LogP contribution in [-0.2, 0) is 16.0 Å². The third-order valence-corrected chi connectivity index (χ3v) is 4.77. The standard InChI is InChI=1S/C20H24N4O4/c25-20(16-2-5-22-19(12-16)28-17-3-8-27-14-17)23-13-15-1-4-21-18(11-15)24-6-9-26-10-7-24/h1-2,4-5,11-12,17H,3,6-10,13-14H2,(H,23,25)/t17-/m1/s1. The van der Waals surface area contributed by atoms with E-state index >= 15 is 0 Å².